The Morgan fingerprint density at radius 3 is 2.57 bits per heavy atom. The summed E-state index contributed by atoms with van der Waals surface area (Å²) in [6.07, 6.45) is 5.76. The van der Waals surface area contributed by atoms with Crippen LogP contribution >= 0.6 is 0 Å². The topological polar surface area (TPSA) is 20.3 Å². The van der Waals surface area contributed by atoms with Crippen molar-refractivity contribution in [3.05, 3.63) is 0 Å². The summed E-state index contributed by atoms with van der Waals surface area (Å²) in [5.41, 5.74) is 0. The van der Waals surface area contributed by atoms with Gasteiger partial charge < -0.3 is 4.90 Å². The lowest BCUT2D eigenvalue weighted by Gasteiger charge is -2.31. The molecule has 1 saturated carbocycles. The third-order valence-electron chi connectivity index (χ3n) is 3.79. The summed E-state index contributed by atoms with van der Waals surface area (Å²) < 4.78 is 0. The first kappa shape index (κ1) is 10.2. The van der Waals surface area contributed by atoms with Crippen LogP contribution in [-0.2, 0) is 4.79 Å². The molecule has 2 fully saturated rings. The van der Waals surface area contributed by atoms with Gasteiger partial charge in [-0.05, 0) is 44.7 Å². The van der Waals surface area contributed by atoms with Gasteiger partial charge in [-0.2, -0.15) is 0 Å². The third-order valence-corrected chi connectivity index (χ3v) is 3.79. The lowest BCUT2D eigenvalue weighted by molar-refractivity contribution is -0.121. The molecule has 1 heterocycles. The normalized spacial score (nSPS) is 31.2. The largest absolute Gasteiger partial charge is 0.303 e. The smallest absolute Gasteiger partial charge is 0.137 e. The minimum absolute atomic E-state index is 0.378. The highest BCUT2D eigenvalue weighted by atomic mass is 16.1. The molecule has 0 aromatic rings. The zero-order valence-electron chi connectivity index (χ0n) is 9.17. The van der Waals surface area contributed by atoms with Crippen molar-refractivity contribution in [1.82, 2.24) is 4.90 Å². The van der Waals surface area contributed by atoms with Crippen LogP contribution in [0.5, 0.6) is 0 Å². The minimum Gasteiger partial charge on any atom is -0.303 e. The van der Waals surface area contributed by atoms with Gasteiger partial charge in [0.2, 0.25) is 0 Å². The van der Waals surface area contributed by atoms with E-state index in [1.165, 1.54) is 25.9 Å². The molecule has 1 aliphatic heterocycles. The number of carbonyl (C=O) groups excluding carboxylic acids is 1. The Hall–Kier alpha value is -0.370. The van der Waals surface area contributed by atoms with Crippen molar-refractivity contribution >= 4 is 5.78 Å². The number of hydrogen-bond acceptors (Lipinski definition) is 2. The third kappa shape index (κ3) is 2.35. The standard InChI is InChI=1S/C12H21NO/c1-10-5-7-13(8-6-10)9-11-3-2-4-12(11)14/h10-11H,2-9H2,1H3. The van der Waals surface area contributed by atoms with Crippen LogP contribution in [0.25, 0.3) is 0 Å². The summed E-state index contributed by atoms with van der Waals surface area (Å²) >= 11 is 0. The zero-order chi connectivity index (χ0) is 9.97. The molecular formula is C12H21NO. The molecule has 2 rings (SSSR count). The molecule has 2 aliphatic rings. The Balaban J connectivity index is 1.77. The molecule has 0 spiro atoms. The van der Waals surface area contributed by atoms with E-state index in [4.69, 9.17) is 0 Å². The van der Waals surface area contributed by atoms with Crippen molar-refractivity contribution < 1.29 is 4.79 Å². The van der Waals surface area contributed by atoms with Gasteiger partial charge in [0.15, 0.2) is 0 Å². The number of nitrogens with zero attached hydrogens (tertiary/aromatic N) is 1. The summed E-state index contributed by atoms with van der Waals surface area (Å²) in [7, 11) is 0. The first-order valence-electron chi connectivity index (χ1n) is 6.01. The van der Waals surface area contributed by atoms with E-state index >= 15 is 0 Å². The summed E-state index contributed by atoms with van der Waals surface area (Å²) in [5.74, 6) is 1.79. The van der Waals surface area contributed by atoms with E-state index in [0.717, 1.165) is 31.7 Å². The molecule has 1 atom stereocenters. The van der Waals surface area contributed by atoms with Crippen LogP contribution in [0.1, 0.15) is 39.0 Å². The molecule has 80 valence electrons. The molecule has 2 heteroatoms. The second-order valence-electron chi connectivity index (χ2n) is 5.04. The fraction of sp³-hybridized carbons (Fsp3) is 0.917. The maximum Gasteiger partial charge on any atom is 0.137 e. The van der Waals surface area contributed by atoms with Crippen molar-refractivity contribution in [2.24, 2.45) is 11.8 Å². The van der Waals surface area contributed by atoms with Crippen molar-refractivity contribution in [2.75, 3.05) is 19.6 Å². The van der Waals surface area contributed by atoms with E-state index in [9.17, 15) is 4.79 Å². The SMILES string of the molecule is CC1CCN(CC2CCCC2=O)CC1. The number of hydrogen-bond donors (Lipinski definition) is 0. The predicted octanol–water partition coefficient (Wildman–Crippen LogP) is 2.09. The first-order valence-corrected chi connectivity index (χ1v) is 6.01. The van der Waals surface area contributed by atoms with Crippen LogP contribution < -0.4 is 0 Å². The van der Waals surface area contributed by atoms with Gasteiger partial charge in [0.1, 0.15) is 5.78 Å². The van der Waals surface area contributed by atoms with Crippen molar-refractivity contribution in [2.45, 2.75) is 39.0 Å². The summed E-state index contributed by atoms with van der Waals surface area (Å²) in [6.45, 7) is 5.81. The fourth-order valence-electron chi connectivity index (χ4n) is 2.64. The molecule has 2 nitrogen and oxygen atoms in total. The van der Waals surface area contributed by atoms with Gasteiger partial charge in [-0.1, -0.05) is 6.92 Å². The predicted molar refractivity (Wildman–Crippen MR) is 57.2 cm³/mol. The van der Waals surface area contributed by atoms with Gasteiger partial charge in [-0.15, -0.1) is 0 Å². The molecule has 0 radical (unpaired) electrons. The molecule has 0 amide bonds. The fourth-order valence-corrected chi connectivity index (χ4v) is 2.64. The summed E-state index contributed by atoms with van der Waals surface area (Å²) in [4.78, 5) is 14.0. The monoisotopic (exact) mass is 195 g/mol. The van der Waals surface area contributed by atoms with Gasteiger partial charge in [0.05, 0.1) is 0 Å². The number of Topliss-reactive ketones (excluding diaryl/α,β-unsaturated/α-hetero) is 1. The van der Waals surface area contributed by atoms with Crippen LogP contribution in [0.4, 0.5) is 0 Å². The van der Waals surface area contributed by atoms with Crippen LogP contribution in [0.2, 0.25) is 0 Å². The van der Waals surface area contributed by atoms with Gasteiger partial charge in [-0.25, -0.2) is 0 Å². The number of piperidine rings is 1. The second-order valence-corrected chi connectivity index (χ2v) is 5.04. The lowest BCUT2D eigenvalue weighted by atomic mass is 9.97. The van der Waals surface area contributed by atoms with Crippen molar-refractivity contribution in [3.63, 3.8) is 0 Å². The molecule has 1 aliphatic carbocycles. The van der Waals surface area contributed by atoms with E-state index in [1.54, 1.807) is 0 Å². The van der Waals surface area contributed by atoms with E-state index in [2.05, 4.69) is 11.8 Å². The van der Waals surface area contributed by atoms with Crippen molar-refractivity contribution in [1.29, 1.82) is 0 Å². The lowest BCUT2D eigenvalue weighted by Crippen LogP contribution is -2.37. The van der Waals surface area contributed by atoms with E-state index < -0.39 is 0 Å². The van der Waals surface area contributed by atoms with Crippen LogP contribution in [0, 0.1) is 11.8 Å². The number of ketones is 1. The highest BCUT2D eigenvalue weighted by Crippen LogP contribution is 2.24. The highest BCUT2D eigenvalue weighted by molar-refractivity contribution is 5.83. The molecule has 0 aromatic heterocycles. The Labute approximate surface area is 86.7 Å². The van der Waals surface area contributed by atoms with Gasteiger partial charge in [0, 0.05) is 18.9 Å². The maximum atomic E-state index is 11.5. The van der Waals surface area contributed by atoms with Gasteiger partial charge in [-0.3, -0.25) is 4.79 Å². The second kappa shape index (κ2) is 4.43. The van der Waals surface area contributed by atoms with Gasteiger partial charge in [0.25, 0.3) is 0 Å². The van der Waals surface area contributed by atoms with Crippen molar-refractivity contribution in [3.8, 4) is 0 Å². The highest BCUT2D eigenvalue weighted by Gasteiger charge is 2.27. The molecule has 1 saturated heterocycles. The maximum absolute atomic E-state index is 11.5. The summed E-state index contributed by atoms with van der Waals surface area (Å²) in [6, 6.07) is 0. The van der Waals surface area contributed by atoms with E-state index in [0.29, 0.717) is 11.7 Å². The number of rotatable bonds is 2. The van der Waals surface area contributed by atoms with E-state index in [-0.39, 0.29) is 0 Å². The van der Waals surface area contributed by atoms with E-state index in [1.807, 2.05) is 0 Å². The molecular weight excluding hydrogens is 174 g/mol. The Bertz CT molecular complexity index is 206. The Morgan fingerprint density at radius 2 is 2.00 bits per heavy atom. The number of carbonyl (C=O) groups is 1. The van der Waals surface area contributed by atoms with Gasteiger partial charge >= 0.3 is 0 Å². The minimum atomic E-state index is 0.378. The molecule has 14 heavy (non-hydrogen) atoms. The molecule has 0 N–H and O–H groups in total. The average molecular weight is 195 g/mol. The number of likely N-dealkylation sites (tertiary alicyclic amines) is 1. The molecule has 1 unspecified atom stereocenters. The summed E-state index contributed by atoms with van der Waals surface area (Å²) in [5, 5.41) is 0. The quantitative estimate of drug-likeness (QED) is 0.672. The molecule has 0 aromatic carbocycles. The Kier molecular flexibility index (Phi) is 3.22. The van der Waals surface area contributed by atoms with Crippen LogP contribution in [0.3, 0.4) is 0 Å². The first-order chi connectivity index (χ1) is 6.75. The Morgan fingerprint density at radius 1 is 1.29 bits per heavy atom. The zero-order valence-corrected chi connectivity index (χ0v) is 9.17. The average Bonchev–Trinajstić information content (AvgIpc) is 2.56. The molecule has 0 bridgehead atoms. The van der Waals surface area contributed by atoms with Crippen LogP contribution in [0.15, 0.2) is 0 Å². The van der Waals surface area contributed by atoms with Crippen LogP contribution in [-0.4, -0.2) is 30.3 Å².